The van der Waals surface area contributed by atoms with Crippen molar-refractivity contribution in [2.45, 2.75) is 31.3 Å². The third-order valence-electron chi connectivity index (χ3n) is 6.57. The molecule has 0 unspecified atom stereocenters. The van der Waals surface area contributed by atoms with Gasteiger partial charge in [-0.1, -0.05) is 23.2 Å². The van der Waals surface area contributed by atoms with Crippen LogP contribution in [0.15, 0.2) is 42.9 Å². The number of nitrogens with one attached hydrogen (secondary N) is 1. The highest BCUT2D eigenvalue weighted by Crippen LogP contribution is 2.44. The van der Waals surface area contributed by atoms with Crippen molar-refractivity contribution < 1.29 is 9.18 Å². The molecule has 2 atom stereocenters. The number of H-pyrrole nitrogens is 1. The van der Waals surface area contributed by atoms with Gasteiger partial charge in [0.25, 0.3) is 0 Å². The number of nitrogens with zero attached hydrogens (tertiary/aromatic N) is 7. The Morgan fingerprint density at radius 2 is 2.03 bits per heavy atom. The molecule has 0 radical (unpaired) electrons. The number of rotatable bonds is 4. The fourth-order valence-corrected chi connectivity index (χ4v) is 5.42. The van der Waals surface area contributed by atoms with Gasteiger partial charge in [-0.2, -0.15) is 4.68 Å². The molecule has 3 aromatic heterocycles. The summed E-state index contributed by atoms with van der Waals surface area (Å²) in [6.07, 6.45) is 6.38. The van der Waals surface area contributed by atoms with Gasteiger partial charge in [0, 0.05) is 23.2 Å². The van der Waals surface area contributed by atoms with Gasteiger partial charge in [0.1, 0.15) is 23.1 Å². The first-order valence-corrected chi connectivity index (χ1v) is 11.9. The Morgan fingerprint density at radius 3 is 2.81 bits per heavy atom. The van der Waals surface area contributed by atoms with Gasteiger partial charge < -0.3 is 15.6 Å². The van der Waals surface area contributed by atoms with Crippen LogP contribution in [0.1, 0.15) is 36.7 Å². The molecule has 0 bridgehead atoms. The van der Waals surface area contributed by atoms with Crippen LogP contribution in [-0.4, -0.2) is 52.0 Å². The summed E-state index contributed by atoms with van der Waals surface area (Å²) in [5.74, 6) is 0.129. The van der Waals surface area contributed by atoms with Gasteiger partial charge in [-0.05, 0) is 59.5 Å². The second kappa shape index (κ2) is 8.68. The number of aromatic amines is 1. The second-order valence-electron chi connectivity index (χ2n) is 8.63. The zero-order valence-corrected chi connectivity index (χ0v) is 20.1. The summed E-state index contributed by atoms with van der Waals surface area (Å²) in [6, 6.07) is 6.12. The van der Waals surface area contributed by atoms with Gasteiger partial charge >= 0.3 is 0 Å². The summed E-state index contributed by atoms with van der Waals surface area (Å²) in [5.41, 5.74) is 8.22. The fraction of sp³-hybridized carbons (Fsp3) is 0.217. The third-order valence-corrected chi connectivity index (χ3v) is 7.15. The number of carbonyl (C=O) groups excluding carboxylic acids is 1. The smallest absolute Gasteiger partial charge is 0.247 e. The maximum absolute atomic E-state index is 15.3. The van der Waals surface area contributed by atoms with Crippen molar-refractivity contribution in [3.8, 4) is 16.9 Å². The average Bonchev–Trinajstić information content (AvgIpc) is 3.61. The number of hydrogen-bond acceptors (Lipinski definition) is 7. The molecule has 2 aliphatic rings. The second-order valence-corrected chi connectivity index (χ2v) is 9.40. The summed E-state index contributed by atoms with van der Waals surface area (Å²) < 4.78 is 16.6. The highest BCUT2D eigenvalue weighted by atomic mass is 35.5. The van der Waals surface area contributed by atoms with Crippen molar-refractivity contribution in [3.63, 3.8) is 0 Å². The minimum Gasteiger partial charge on any atom is -0.384 e. The number of aromatic nitrogens is 7. The van der Waals surface area contributed by atoms with E-state index in [0.717, 1.165) is 6.42 Å². The first-order chi connectivity index (χ1) is 17.4. The number of fused-ring (bicyclic) bond motifs is 1. The average molecular weight is 526 g/mol. The van der Waals surface area contributed by atoms with Crippen molar-refractivity contribution in [3.05, 3.63) is 70.2 Å². The molecule has 36 heavy (non-hydrogen) atoms. The molecule has 13 heteroatoms. The Balaban J connectivity index is 1.33. The molecular weight excluding hydrogens is 508 g/mol. The van der Waals surface area contributed by atoms with E-state index in [1.807, 2.05) is 0 Å². The molecule has 1 fully saturated rings. The number of imidazole rings is 1. The standard InChI is InChI=1S/C23H18Cl2FN9O/c24-14-3-5-16(34-10-29-32-33-34)20(21(14)26)11-7-12-1-4-17(35(12)19(36)8-11)23-28-9-15(30-23)13-2-6-18(27)31-22(13)25/h2-3,5-6,8-10,12,17H,1,4,7H2,(H2,27,31)(H,28,30)/t12-,17-/m0/s1. The Hall–Kier alpha value is -3.83. The van der Waals surface area contributed by atoms with Crippen LogP contribution in [0.4, 0.5) is 10.2 Å². The number of amides is 1. The number of carbonyl (C=O) groups is 1. The predicted octanol–water partition coefficient (Wildman–Crippen LogP) is 3.99. The molecule has 0 aliphatic carbocycles. The van der Waals surface area contributed by atoms with E-state index in [-0.39, 0.29) is 33.7 Å². The van der Waals surface area contributed by atoms with E-state index in [1.165, 1.54) is 23.2 Å². The zero-order valence-electron chi connectivity index (χ0n) is 18.6. The molecule has 3 N–H and O–H groups in total. The normalized spacial score (nSPS) is 19.5. The zero-order chi connectivity index (χ0) is 25.0. The van der Waals surface area contributed by atoms with Gasteiger partial charge in [0.2, 0.25) is 5.91 Å². The number of benzene rings is 1. The van der Waals surface area contributed by atoms with Gasteiger partial charge in [0.15, 0.2) is 5.82 Å². The van der Waals surface area contributed by atoms with Gasteiger partial charge in [-0.3, -0.25) is 4.79 Å². The number of tetrazole rings is 1. The van der Waals surface area contributed by atoms with Crippen molar-refractivity contribution in [1.82, 2.24) is 40.1 Å². The Kier molecular flexibility index (Phi) is 5.45. The van der Waals surface area contributed by atoms with Gasteiger partial charge in [-0.15, -0.1) is 5.10 Å². The summed E-state index contributed by atoms with van der Waals surface area (Å²) in [6.45, 7) is 0. The van der Waals surface area contributed by atoms with Crippen LogP contribution >= 0.6 is 23.2 Å². The highest BCUT2D eigenvalue weighted by Gasteiger charge is 2.42. The Morgan fingerprint density at radius 1 is 1.17 bits per heavy atom. The van der Waals surface area contributed by atoms with Crippen LogP contribution in [0, 0.1) is 5.82 Å². The van der Waals surface area contributed by atoms with Crippen molar-refractivity contribution in [2.75, 3.05) is 5.73 Å². The van der Waals surface area contributed by atoms with E-state index in [4.69, 9.17) is 28.9 Å². The molecule has 5 heterocycles. The van der Waals surface area contributed by atoms with Crippen molar-refractivity contribution in [1.29, 1.82) is 0 Å². The van der Waals surface area contributed by atoms with Gasteiger partial charge in [-0.25, -0.2) is 14.4 Å². The van der Waals surface area contributed by atoms with Crippen LogP contribution in [0.25, 0.3) is 22.5 Å². The molecule has 1 aromatic carbocycles. The Bertz CT molecular complexity index is 1520. The van der Waals surface area contributed by atoms with E-state index >= 15 is 4.39 Å². The molecule has 10 nitrogen and oxygen atoms in total. The molecule has 2 aliphatic heterocycles. The third kappa shape index (κ3) is 3.71. The molecule has 1 amide bonds. The van der Waals surface area contributed by atoms with E-state index in [1.54, 1.807) is 29.3 Å². The number of pyridine rings is 1. The van der Waals surface area contributed by atoms with Crippen LogP contribution in [-0.2, 0) is 4.79 Å². The fourth-order valence-electron chi connectivity index (χ4n) is 5.00. The number of nitrogen functional groups attached to an aromatic ring is 1. The van der Waals surface area contributed by atoms with Crippen LogP contribution in [0.2, 0.25) is 10.2 Å². The lowest BCUT2D eigenvalue weighted by Gasteiger charge is -2.33. The quantitative estimate of drug-likeness (QED) is 0.385. The lowest BCUT2D eigenvalue weighted by atomic mass is 9.92. The number of halogens is 3. The largest absolute Gasteiger partial charge is 0.384 e. The highest BCUT2D eigenvalue weighted by molar-refractivity contribution is 6.32. The minimum atomic E-state index is -0.614. The molecule has 6 rings (SSSR count). The number of nitrogens with two attached hydrogens (primary N) is 1. The van der Waals surface area contributed by atoms with E-state index < -0.39 is 5.82 Å². The molecule has 182 valence electrons. The lowest BCUT2D eigenvalue weighted by Crippen LogP contribution is -2.39. The van der Waals surface area contributed by atoms with E-state index in [0.29, 0.717) is 47.0 Å². The van der Waals surface area contributed by atoms with E-state index in [9.17, 15) is 4.79 Å². The van der Waals surface area contributed by atoms with Crippen LogP contribution < -0.4 is 5.73 Å². The number of anilines is 1. The maximum atomic E-state index is 15.3. The SMILES string of the molecule is Nc1ccc(-c2cnc([C@@H]3CC[C@H]4CC(c5c(-n6cnnn6)ccc(Cl)c5F)=CC(=O)N43)[nH]2)c(Cl)n1. The monoisotopic (exact) mass is 525 g/mol. The molecule has 1 saturated heterocycles. The summed E-state index contributed by atoms with van der Waals surface area (Å²) in [7, 11) is 0. The van der Waals surface area contributed by atoms with Gasteiger partial charge in [0.05, 0.1) is 28.6 Å². The lowest BCUT2D eigenvalue weighted by molar-refractivity contribution is -0.129. The first-order valence-electron chi connectivity index (χ1n) is 11.1. The van der Waals surface area contributed by atoms with E-state index in [2.05, 4.69) is 30.5 Å². The van der Waals surface area contributed by atoms with Crippen LogP contribution in [0.3, 0.4) is 0 Å². The van der Waals surface area contributed by atoms with Crippen molar-refractivity contribution in [2.24, 2.45) is 0 Å². The minimum absolute atomic E-state index is 0.0409. The Labute approximate surface area is 213 Å². The summed E-state index contributed by atoms with van der Waals surface area (Å²) in [5, 5.41) is 11.4. The molecule has 0 saturated carbocycles. The number of hydrogen-bond donors (Lipinski definition) is 2. The molecule has 4 aromatic rings. The topological polar surface area (TPSA) is 132 Å². The summed E-state index contributed by atoms with van der Waals surface area (Å²) in [4.78, 5) is 27.0. The predicted molar refractivity (Wildman–Crippen MR) is 131 cm³/mol. The molecular formula is C23H18Cl2FN9O. The maximum Gasteiger partial charge on any atom is 0.247 e. The van der Waals surface area contributed by atoms with Crippen molar-refractivity contribution >= 4 is 40.5 Å². The van der Waals surface area contributed by atoms with Crippen LogP contribution in [0.5, 0.6) is 0 Å². The molecule has 0 spiro atoms. The summed E-state index contributed by atoms with van der Waals surface area (Å²) >= 11 is 12.3. The first kappa shape index (κ1) is 22.6.